The molecule has 0 fully saturated rings. The number of hydrogen-bond donors (Lipinski definition) is 0. The van der Waals surface area contributed by atoms with Crippen molar-refractivity contribution >= 4 is 33.2 Å². The van der Waals surface area contributed by atoms with E-state index in [0.717, 1.165) is 32.1 Å². The summed E-state index contributed by atoms with van der Waals surface area (Å²) in [5, 5.41) is 10.4. The Hall–Kier alpha value is -2.87. The molecule has 1 heterocycles. The van der Waals surface area contributed by atoms with E-state index in [4.69, 9.17) is 26.6 Å². The summed E-state index contributed by atoms with van der Waals surface area (Å²) in [6.07, 6.45) is 0. The number of halogens is 1. The minimum Gasteiger partial charge on any atom is -0.488 e. The lowest BCUT2D eigenvalue weighted by atomic mass is 10.1. The zero-order valence-corrected chi connectivity index (χ0v) is 15.2. The maximum atomic E-state index is 8.89. The molecule has 4 rings (SSSR count). The first-order valence-corrected chi connectivity index (χ1v) is 9.20. The van der Waals surface area contributed by atoms with Crippen LogP contribution in [0, 0.1) is 11.3 Å². The molecule has 5 heteroatoms. The van der Waals surface area contributed by atoms with Gasteiger partial charge in [0.15, 0.2) is 0 Å². The summed E-state index contributed by atoms with van der Waals surface area (Å²) < 4.78 is 7.15. The fourth-order valence-corrected chi connectivity index (χ4v) is 3.78. The van der Waals surface area contributed by atoms with Crippen LogP contribution >= 0.6 is 22.9 Å². The van der Waals surface area contributed by atoms with E-state index in [0.29, 0.717) is 17.2 Å². The van der Waals surface area contributed by atoms with Crippen LogP contribution in [0.15, 0.2) is 66.7 Å². The van der Waals surface area contributed by atoms with Gasteiger partial charge >= 0.3 is 0 Å². The fraction of sp³-hybridized carbons (Fsp3) is 0.0476. The van der Waals surface area contributed by atoms with E-state index in [-0.39, 0.29) is 0 Å². The lowest BCUT2D eigenvalue weighted by molar-refractivity contribution is 0.307. The van der Waals surface area contributed by atoms with Gasteiger partial charge in [0.2, 0.25) is 0 Å². The number of rotatable bonds is 4. The van der Waals surface area contributed by atoms with Crippen molar-refractivity contribution in [3.63, 3.8) is 0 Å². The number of para-hydroxylation sites is 1. The molecule has 0 radical (unpaired) electrons. The lowest BCUT2D eigenvalue weighted by Gasteiger charge is -2.10. The second-order valence-corrected chi connectivity index (χ2v) is 7.19. The van der Waals surface area contributed by atoms with Crippen molar-refractivity contribution < 1.29 is 4.74 Å². The molecule has 0 amide bonds. The molecule has 0 bridgehead atoms. The molecule has 0 N–H and O–H groups in total. The van der Waals surface area contributed by atoms with Crippen molar-refractivity contribution in [2.75, 3.05) is 0 Å². The lowest BCUT2D eigenvalue weighted by Crippen LogP contribution is -1.97. The average Bonchev–Trinajstić information content (AvgIpc) is 3.11. The molecule has 0 aliphatic carbocycles. The van der Waals surface area contributed by atoms with E-state index in [9.17, 15) is 0 Å². The molecule has 0 atom stereocenters. The zero-order valence-electron chi connectivity index (χ0n) is 13.6. The smallest absolute Gasteiger partial charge is 0.130 e. The van der Waals surface area contributed by atoms with E-state index >= 15 is 0 Å². The summed E-state index contributed by atoms with van der Waals surface area (Å²) in [7, 11) is 0. The Balaban J connectivity index is 1.65. The van der Waals surface area contributed by atoms with Gasteiger partial charge in [-0.1, -0.05) is 35.9 Å². The molecule has 0 unspecified atom stereocenters. The maximum absolute atomic E-state index is 8.89. The standard InChI is InChI=1S/C21H13ClN2OS/c22-16-9-10-19(25-13-15-7-5-14(12-23)6-8-15)17(11-16)21-24-18-3-1-2-4-20(18)26-21/h1-11H,13H2. The quantitative estimate of drug-likeness (QED) is 0.434. The molecule has 4 aromatic rings. The number of nitriles is 1. The summed E-state index contributed by atoms with van der Waals surface area (Å²) in [6.45, 7) is 0.408. The number of nitrogens with zero attached hydrogens (tertiary/aromatic N) is 2. The topological polar surface area (TPSA) is 45.9 Å². The Morgan fingerprint density at radius 2 is 1.85 bits per heavy atom. The van der Waals surface area contributed by atoms with E-state index in [2.05, 4.69) is 12.1 Å². The van der Waals surface area contributed by atoms with Gasteiger partial charge in [-0.2, -0.15) is 5.26 Å². The molecule has 3 aromatic carbocycles. The molecule has 26 heavy (non-hydrogen) atoms. The Morgan fingerprint density at radius 3 is 2.62 bits per heavy atom. The Labute approximate surface area is 160 Å². The zero-order chi connectivity index (χ0) is 17.9. The van der Waals surface area contributed by atoms with Crippen LogP contribution in [-0.4, -0.2) is 4.98 Å². The van der Waals surface area contributed by atoms with Crippen molar-refractivity contribution in [2.24, 2.45) is 0 Å². The van der Waals surface area contributed by atoms with Crippen LogP contribution in [0.1, 0.15) is 11.1 Å². The number of benzene rings is 3. The number of ether oxygens (including phenoxy) is 1. The molecule has 0 saturated carbocycles. The van der Waals surface area contributed by atoms with Crippen LogP contribution in [-0.2, 0) is 6.61 Å². The second-order valence-electron chi connectivity index (χ2n) is 5.72. The van der Waals surface area contributed by atoms with Gasteiger partial charge < -0.3 is 4.74 Å². The number of hydrogen-bond acceptors (Lipinski definition) is 4. The normalized spacial score (nSPS) is 10.6. The Morgan fingerprint density at radius 1 is 1.04 bits per heavy atom. The van der Waals surface area contributed by atoms with Crippen molar-refractivity contribution in [1.29, 1.82) is 5.26 Å². The molecule has 0 aliphatic rings. The minimum atomic E-state index is 0.408. The monoisotopic (exact) mass is 376 g/mol. The van der Waals surface area contributed by atoms with Gasteiger partial charge in [-0.15, -0.1) is 11.3 Å². The number of aromatic nitrogens is 1. The second kappa shape index (κ2) is 7.17. The van der Waals surface area contributed by atoms with Gasteiger partial charge in [-0.05, 0) is 48.0 Å². The van der Waals surface area contributed by atoms with Crippen molar-refractivity contribution in [3.05, 3.63) is 82.9 Å². The molecular formula is C21H13ClN2OS. The van der Waals surface area contributed by atoms with Crippen LogP contribution in [0.25, 0.3) is 20.8 Å². The minimum absolute atomic E-state index is 0.408. The SMILES string of the molecule is N#Cc1ccc(COc2ccc(Cl)cc2-c2nc3ccccc3s2)cc1. The Kier molecular flexibility index (Phi) is 4.57. The van der Waals surface area contributed by atoms with Gasteiger partial charge in [0.05, 0.1) is 27.4 Å². The first-order valence-electron chi connectivity index (χ1n) is 8.00. The molecule has 3 nitrogen and oxygen atoms in total. The summed E-state index contributed by atoms with van der Waals surface area (Å²) in [5.74, 6) is 0.734. The largest absolute Gasteiger partial charge is 0.488 e. The van der Waals surface area contributed by atoms with Crippen LogP contribution in [0.4, 0.5) is 0 Å². The predicted molar refractivity (Wildman–Crippen MR) is 106 cm³/mol. The van der Waals surface area contributed by atoms with Gasteiger partial charge in [-0.3, -0.25) is 0 Å². The van der Waals surface area contributed by atoms with Gasteiger partial charge in [0.1, 0.15) is 17.4 Å². The van der Waals surface area contributed by atoms with Gasteiger partial charge in [-0.25, -0.2) is 4.98 Å². The summed E-state index contributed by atoms with van der Waals surface area (Å²) in [4.78, 5) is 4.71. The van der Waals surface area contributed by atoms with Crippen molar-refractivity contribution in [3.8, 4) is 22.4 Å². The van der Waals surface area contributed by atoms with Gasteiger partial charge in [0, 0.05) is 5.02 Å². The number of fused-ring (bicyclic) bond motifs is 1. The molecule has 126 valence electrons. The summed E-state index contributed by atoms with van der Waals surface area (Å²) in [5.41, 5.74) is 3.47. The highest BCUT2D eigenvalue weighted by atomic mass is 35.5. The summed E-state index contributed by atoms with van der Waals surface area (Å²) in [6, 6.07) is 23.1. The molecule has 0 saturated heterocycles. The molecule has 1 aromatic heterocycles. The van der Waals surface area contributed by atoms with E-state index in [1.165, 1.54) is 0 Å². The highest BCUT2D eigenvalue weighted by Gasteiger charge is 2.13. The molecule has 0 aliphatic heterocycles. The van der Waals surface area contributed by atoms with Crippen LogP contribution in [0.2, 0.25) is 5.02 Å². The first kappa shape index (κ1) is 16.6. The third-order valence-corrected chi connectivity index (χ3v) is 5.25. The number of thiazole rings is 1. The predicted octanol–water partition coefficient (Wildman–Crippen LogP) is 6.07. The highest BCUT2D eigenvalue weighted by molar-refractivity contribution is 7.21. The fourth-order valence-electron chi connectivity index (χ4n) is 2.62. The molecule has 0 spiro atoms. The Bertz CT molecular complexity index is 1080. The van der Waals surface area contributed by atoms with Crippen molar-refractivity contribution in [1.82, 2.24) is 4.98 Å². The summed E-state index contributed by atoms with van der Waals surface area (Å²) >= 11 is 7.82. The van der Waals surface area contributed by atoms with Crippen LogP contribution < -0.4 is 4.74 Å². The van der Waals surface area contributed by atoms with E-state index in [1.807, 2.05) is 48.5 Å². The molecular weight excluding hydrogens is 364 g/mol. The van der Waals surface area contributed by atoms with E-state index in [1.54, 1.807) is 23.5 Å². The third kappa shape index (κ3) is 3.41. The van der Waals surface area contributed by atoms with Crippen LogP contribution in [0.3, 0.4) is 0 Å². The highest BCUT2D eigenvalue weighted by Crippen LogP contribution is 2.37. The van der Waals surface area contributed by atoms with Crippen LogP contribution in [0.5, 0.6) is 5.75 Å². The van der Waals surface area contributed by atoms with E-state index < -0.39 is 0 Å². The van der Waals surface area contributed by atoms with Crippen molar-refractivity contribution in [2.45, 2.75) is 6.61 Å². The third-order valence-electron chi connectivity index (χ3n) is 3.94. The first-order chi connectivity index (χ1) is 12.7. The average molecular weight is 377 g/mol. The maximum Gasteiger partial charge on any atom is 0.130 e. The van der Waals surface area contributed by atoms with Gasteiger partial charge in [0.25, 0.3) is 0 Å².